The summed E-state index contributed by atoms with van der Waals surface area (Å²) in [6.45, 7) is 4.96. The molecule has 0 heterocycles. The zero-order chi connectivity index (χ0) is 13.7. The molecule has 0 saturated heterocycles. The molecule has 0 aromatic heterocycles. The lowest BCUT2D eigenvalue weighted by Crippen LogP contribution is -2.27. The topological polar surface area (TPSA) is 9.23 Å². The van der Waals surface area contributed by atoms with Crippen molar-refractivity contribution >= 4 is 11.6 Å². The van der Waals surface area contributed by atoms with E-state index in [1.165, 1.54) is 0 Å². The number of rotatable bonds is 5. The highest BCUT2D eigenvalue weighted by Gasteiger charge is 2.29. The zero-order valence-corrected chi connectivity index (χ0v) is 12.2. The van der Waals surface area contributed by atoms with Crippen molar-refractivity contribution in [3.63, 3.8) is 0 Å². The first-order chi connectivity index (χ1) is 9.16. The van der Waals surface area contributed by atoms with Crippen LogP contribution in [0, 0.1) is 0 Å². The number of halogens is 1. The van der Waals surface area contributed by atoms with Gasteiger partial charge in [0.1, 0.15) is 5.60 Å². The van der Waals surface area contributed by atoms with Gasteiger partial charge in [0.05, 0.1) is 0 Å². The molecular weight excluding hydrogens is 256 g/mol. The summed E-state index contributed by atoms with van der Waals surface area (Å²) in [7, 11) is 0. The maximum absolute atomic E-state index is 6.15. The third-order valence-corrected chi connectivity index (χ3v) is 3.57. The maximum atomic E-state index is 6.15. The van der Waals surface area contributed by atoms with Gasteiger partial charge >= 0.3 is 0 Å². The number of benzene rings is 2. The Balaban J connectivity index is 2.42. The van der Waals surface area contributed by atoms with E-state index in [4.69, 9.17) is 16.3 Å². The molecule has 0 N–H and O–H groups in total. The second-order valence-electron chi connectivity index (χ2n) is 4.75. The quantitative estimate of drug-likeness (QED) is 0.743. The largest absolute Gasteiger partial charge is 0.366 e. The minimum atomic E-state index is -0.429. The van der Waals surface area contributed by atoms with E-state index < -0.39 is 5.60 Å². The second-order valence-corrected chi connectivity index (χ2v) is 5.19. The summed E-state index contributed by atoms with van der Waals surface area (Å²) >= 11 is 5.97. The van der Waals surface area contributed by atoms with Crippen molar-refractivity contribution in [3.05, 3.63) is 70.7 Å². The molecule has 2 heteroatoms. The van der Waals surface area contributed by atoms with Gasteiger partial charge in [-0.25, -0.2) is 0 Å². The minimum Gasteiger partial charge on any atom is -0.366 e. The highest BCUT2D eigenvalue weighted by atomic mass is 35.5. The Morgan fingerprint density at radius 2 is 1.53 bits per heavy atom. The van der Waals surface area contributed by atoms with E-state index in [0.717, 1.165) is 29.2 Å². The molecule has 0 bridgehead atoms. The van der Waals surface area contributed by atoms with E-state index in [1.807, 2.05) is 42.5 Å². The predicted molar refractivity (Wildman–Crippen MR) is 80.6 cm³/mol. The van der Waals surface area contributed by atoms with E-state index in [2.05, 4.69) is 26.0 Å². The van der Waals surface area contributed by atoms with Crippen LogP contribution >= 0.6 is 11.6 Å². The number of hydrogen-bond acceptors (Lipinski definition) is 1. The molecule has 0 aliphatic carbocycles. The summed E-state index contributed by atoms with van der Waals surface area (Å²) in [6.07, 6.45) is 0.996. The Kier molecular flexibility index (Phi) is 4.62. The standard InChI is InChI=1S/C17H19ClO/c1-3-13-19-17(2,14-7-5-4-6-8-14)15-9-11-16(18)12-10-15/h4-12H,3,13H2,1-2H3. The van der Waals surface area contributed by atoms with Crippen molar-refractivity contribution in [2.45, 2.75) is 25.9 Å². The van der Waals surface area contributed by atoms with Gasteiger partial charge in [0.2, 0.25) is 0 Å². The van der Waals surface area contributed by atoms with Crippen LogP contribution in [0.3, 0.4) is 0 Å². The average Bonchev–Trinajstić information content (AvgIpc) is 2.46. The van der Waals surface area contributed by atoms with E-state index in [-0.39, 0.29) is 0 Å². The van der Waals surface area contributed by atoms with Gasteiger partial charge in [-0.2, -0.15) is 0 Å². The summed E-state index contributed by atoms with van der Waals surface area (Å²) in [4.78, 5) is 0. The molecule has 0 radical (unpaired) electrons. The van der Waals surface area contributed by atoms with Crippen molar-refractivity contribution < 1.29 is 4.74 Å². The van der Waals surface area contributed by atoms with Gasteiger partial charge < -0.3 is 4.74 Å². The van der Waals surface area contributed by atoms with Gasteiger partial charge in [0.25, 0.3) is 0 Å². The van der Waals surface area contributed by atoms with Crippen LogP contribution in [-0.4, -0.2) is 6.61 Å². The van der Waals surface area contributed by atoms with E-state index in [1.54, 1.807) is 0 Å². The molecule has 0 spiro atoms. The SMILES string of the molecule is CCCOC(C)(c1ccccc1)c1ccc(Cl)cc1. The Bertz CT molecular complexity index is 507. The van der Waals surface area contributed by atoms with Crippen LogP contribution in [0.25, 0.3) is 0 Å². The number of hydrogen-bond donors (Lipinski definition) is 0. The summed E-state index contributed by atoms with van der Waals surface area (Å²) in [5.74, 6) is 0. The van der Waals surface area contributed by atoms with Crippen molar-refractivity contribution in [1.29, 1.82) is 0 Å². The molecule has 0 aliphatic heterocycles. The minimum absolute atomic E-state index is 0.429. The summed E-state index contributed by atoms with van der Waals surface area (Å²) in [6, 6.07) is 18.2. The Labute approximate surface area is 120 Å². The lowest BCUT2D eigenvalue weighted by molar-refractivity contribution is -0.00371. The molecule has 100 valence electrons. The maximum Gasteiger partial charge on any atom is 0.115 e. The molecule has 1 unspecified atom stereocenters. The zero-order valence-electron chi connectivity index (χ0n) is 11.4. The van der Waals surface area contributed by atoms with Crippen molar-refractivity contribution in [3.8, 4) is 0 Å². The molecule has 19 heavy (non-hydrogen) atoms. The first-order valence-electron chi connectivity index (χ1n) is 6.62. The molecule has 2 aromatic carbocycles. The summed E-state index contributed by atoms with van der Waals surface area (Å²) in [5.41, 5.74) is 1.85. The molecule has 0 aliphatic rings. The summed E-state index contributed by atoms with van der Waals surface area (Å²) in [5, 5.41) is 0.745. The van der Waals surface area contributed by atoms with Crippen LogP contribution in [0.15, 0.2) is 54.6 Å². The van der Waals surface area contributed by atoms with Crippen LogP contribution in [0.1, 0.15) is 31.4 Å². The monoisotopic (exact) mass is 274 g/mol. The van der Waals surface area contributed by atoms with Crippen LogP contribution in [-0.2, 0) is 10.3 Å². The highest BCUT2D eigenvalue weighted by molar-refractivity contribution is 6.30. The van der Waals surface area contributed by atoms with E-state index >= 15 is 0 Å². The normalized spacial score (nSPS) is 14.1. The molecule has 1 atom stereocenters. The second kappa shape index (κ2) is 6.23. The van der Waals surface area contributed by atoms with Crippen molar-refractivity contribution in [1.82, 2.24) is 0 Å². The smallest absolute Gasteiger partial charge is 0.115 e. The Morgan fingerprint density at radius 3 is 2.11 bits per heavy atom. The van der Waals surface area contributed by atoms with Gasteiger partial charge in [-0.1, -0.05) is 61.0 Å². The molecule has 0 amide bonds. The Hall–Kier alpha value is -1.31. The highest BCUT2D eigenvalue weighted by Crippen LogP contribution is 2.33. The van der Waals surface area contributed by atoms with Gasteiger partial charge in [0, 0.05) is 11.6 Å². The van der Waals surface area contributed by atoms with Crippen LogP contribution in [0.2, 0.25) is 5.02 Å². The lowest BCUT2D eigenvalue weighted by atomic mass is 9.88. The van der Waals surface area contributed by atoms with Gasteiger partial charge in [-0.3, -0.25) is 0 Å². The average molecular weight is 275 g/mol. The van der Waals surface area contributed by atoms with Gasteiger partial charge in [-0.05, 0) is 36.6 Å². The summed E-state index contributed by atoms with van der Waals surface area (Å²) < 4.78 is 6.15. The fourth-order valence-electron chi connectivity index (χ4n) is 2.16. The van der Waals surface area contributed by atoms with Crippen LogP contribution in [0.4, 0.5) is 0 Å². The third kappa shape index (κ3) is 3.17. The molecule has 2 aromatic rings. The van der Waals surface area contributed by atoms with Gasteiger partial charge in [0.15, 0.2) is 0 Å². The van der Waals surface area contributed by atoms with Crippen LogP contribution < -0.4 is 0 Å². The molecular formula is C17H19ClO. The predicted octanol–water partition coefficient (Wildman–Crippen LogP) is 5.03. The fraction of sp³-hybridized carbons (Fsp3) is 0.294. The van der Waals surface area contributed by atoms with Crippen molar-refractivity contribution in [2.24, 2.45) is 0 Å². The lowest BCUT2D eigenvalue weighted by Gasteiger charge is -2.31. The first-order valence-corrected chi connectivity index (χ1v) is 7.00. The molecule has 1 nitrogen and oxygen atoms in total. The van der Waals surface area contributed by atoms with Crippen LogP contribution in [0.5, 0.6) is 0 Å². The van der Waals surface area contributed by atoms with Gasteiger partial charge in [-0.15, -0.1) is 0 Å². The molecule has 0 saturated carbocycles. The Morgan fingerprint density at radius 1 is 0.947 bits per heavy atom. The third-order valence-electron chi connectivity index (χ3n) is 3.31. The number of ether oxygens (including phenoxy) is 1. The molecule has 0 fully saturated rings. The van der Waals surface area contributed by atoms with E-state index in [9.17, 15) is 0 Å². The first kappa shape index (κ1) is 14.1. The molecule has 2 rings (SSSR count). The van der Waals surface area contributed by atoms with Crippen molar-refractivity contribution in [2.75, 3.05) is 6.61 Å². The fourth-order valence-corrected chi connectivity index (χ4v) is 2.29. The van der Waals surface area contributed by atoms with E-state index in [0.29, 0.717) is 0 Å².